The summed E-state index contributed by atoms with van der Waals surface area (Å²) in [5, 5.41) is 13.6. The van der Waals surface area contributed by atoms with Crippen molar-refractivity contribution in [3.63, 3.8) is 0 Å². The van der Waals surface area contributed by atoms with Crippen LogP contribution in [0.25, 0.3) is 6.08 Å². The van der Waals surface area contributed by atoms with E-state index in [2.05, 4.69) is 5.32 Å². The number of rotatable bonds is 8. The summed E-state index contributed by atoms with van der Waals surface area (Å²) in [4.78, 5) is 37.6. The Morgan fingerprint density at radius 3 is 2.34 bits per heavy atom. The average molecular weight is 552 g/mol. The number of thiocarbonyl (C=S) groups is 1. The van der Waals surface area contributed by atoms with E-state index >= 15 is 0 Å². The van der Waals surface area contributed by atoms with Gasteiger partial charge in [0.05, 0.1) is 22.7 Å². The van der Waals surface area contributed by atoms with Crippen molar-refractivity contribution in [1.82, 2.24) is 5.32 Å². The first kappa shape index (κ1) is 26.8. The number of non-ortho nitro benzene ring substituents is 1. The summed E-state index contributed by atoms with van der Waals surface area (Å²) in [5.41, 5.74) is 2.60. The summed E-state index contributed by atoms with van der Waals surface area (Å²) in [7, 11) is 1.43. The molecule has 38 heavy (non-hydrogen) atoms. The Bertz CT molecular complexity index is 1450. The molecule has 1 heterocycles. The molecule has 9 nitrogen and oxygen atoms in total. The lowest BCUT2D eigenvalue weighted by molar-refractivity contribution is -0.384. The van der Waals surface area contributed by atoms with Crippen molar-refractivity contribution in [2.24, 2.45) is 0 Å². The highest BCUT2D eigenvalue weighted by Crippen LogP contribution is 2.38. The van der Waals surface area contributed by atoms with Crippen LogP contribution in [0.5, 0.6) is 11.5 Å². The lowest BCUT2D eigenvalue weighted by atomic mass is 10.1. The molecule has 11 heteroatoms. The van der Waals surface area contributed by atoms with E-state index in [1.807, 2.05) is 19.1 Å². The van der Waals surface area contributed by atoms with Crippen molar-refractivity contribution in [3.8, 4) is 11.5 Å². The Kier molecular flexibility index (Phi) is 8.04. The Labute approximate surface area is 228 Å². The van der Waals surface area contributed by atoms with E-state index < -0.39 is 16.7 Å². The molecule has 4 rings (SSSR count). The second-order valence-electron chi connectivity index (χ2n) is 8.22. The van der Waals surface area contributed by atoms with Crippen LogP contribution >= 0.6 is 23.8 Å². The van der Waals surface area contributed by atoms with Crippen molar-refractivity contribution in [3.05, 3.63) is 98.1 Å². The number of halogens is 1. The van der Waals surface area contributed by atoms with Crippen LogP contribution in [-0.2, 0) is 22.6 Å². The van der Waals surface area contributed by atoms with Gasteiger partial charge < -0.3 is 9.47 Å². The number of methoxy groups -OCH3 is 1. The Morgan fingerprint density at radius 2 is 1.74 bits per heavy atom. The molecule has 0 radical (unpaired) electrons. The molecule has 1 aliphatic rings. The smallest absolute Gasteiger partial charge is 0.270 e. The number of carbonyl (C=O) groups is 2. The van der Waals surface area contributed by atoms with E-state index in [4.69, 9.17) is 33.3 Å². The van der Waals surface area contributed by atoms with Crippen LogP contribution in [0.4, 0.5) is 11.4 Å². The molecule has 0 aromatic heterocycles. The number of ether oxygens (including phenoxy) is 2. The molecule has 1 fully saturated rings. The number of benzene rings is 3. The molecule has 3 aromatic carbocycles. The monoisotopic (exact) mass is 551 g/mol. The van der Waals surface area contributed by atoms with Gasteiger partial charge in [-0.2, -0.15) is 0 Å². The fourth-order valence-electron chi connectivity index (χ4n) is 3.77. The molecular formula is C27H22ClN3O6S. The number of nitro benzene ring substituents is 1. The van der Waals surface area contributed by atoms with E-state index in [0.717, 1.165) is 12.0 Å². The van der Waals surface area contributed by atoms with Crippen LogP contribution < -0.4 is 19.7 Å². The minimum absolute atomic E-state index is 0.00740. The SMILES string of the molecule is CCc1ccc(N2C(=O)/C(=C/c3cc(Cl)c(OCc4ccc([N+](=O)[O-])cc4)c(OC)c3)C(=O)NC2=S)cc1. The summed E-state index contributed by atoms with van der Waals surface area (Å²) < 4.78 is 11.3. The topological polar surface area (TPSA) is 111 Å². The van der Waals surface area contributed by atoms with Gasteiger partial charge in [0.2, 0.25) is 0 Å². The molecular weight excluding hydrogens is 530 g/mol. The number of anilines is 1. The van der Waals surface area contributed by atoms with Gasteiger partial charge in [0.1, 0.15) is 12.2 Å². The van der Waals surface area contributed by atoms with Crippen molar-refractivity contribution < 1.29 is 24.0 Å². The first-order valence-electron chi connectivity index (χ1n) is 11.5. The number of amides is 2. The molecule has 3 aromatic rings. The molecule has 194 valence electrons. The van der Waals surface area contributed by atoms with E-state index in [0.29, 0.717) is 16.8 Å². The van der Waals surface area contributed by atoms with Gasteiger partial charge in [0.25, 0.3) is 17.5 Å². The first-order chi connectivity index (χ1) is 18.2. The molecule has 0 bridgehead atoms. The highest BCUT2D eigenvalue weighted by molar-refractivity contribution is 7.80. The Balaban J connectivity index is 1.59. The third kappa shape index (κ3) is 5.66. The summed E-state index contributed by atoms with van der Waals surface area (Å²) in [5.74, 6) is -0.683. The van der Waals surface area contributed by atoms with Crippen LogP contribution in [0.15, 0.2) is 66.2 Å². The highest BCUT2D eigenvalue weighted by atomic mass is 35.5. The maximum absolute atomic E-state index is 13.3. The lowest BCUT2D eigenvalue weighted by Crippen LogP contribution is -2.54. The minimum Gasteiger partial charge on any atom is -0.493 e. The Hall–Kier alpha value is -4.28. The largest absolute Gasteiger partial charge is 0.493 e. The number of nitrogens with one attached hydrogen (secondary N) is 1. The third-order valence-corrected chi connectivity index (χ3v) is 6.36. The fraction of sp³-hybridized carbons (Fsp3) is 0.148. The summed E-state index contributed by atoms with van der Waals surface area (Å²) >= 11 is 11.7. The molecule has 0 atom stereocenters. The quantitative estimate of drug-likeness (QED) is 0.134. The van der Waals surface area contributed by atoms with Crippen molar-refractivity contribution in [2.45, 2.75) is 20.0 Å². The van der Waals surface area contributed by atoms with Gasteiger partial charge in [-0.15, -0.1) is 0 Å². The maximum Gasteiger partial charge on any atom is 0.270 e. The highest BCUT2D eigenvalue weighted by Gasteiger charge is 2.34. The number of hydrogen-bond donors (Lipinski definition) is 1. The molecule has 0 saturated carbocycles. The second kappa shape index (κ2) is 11.4. The van der Waals surface area contributed by atoms with Gasteiger partial charge in [-0.1, -0.05) is 30.7 Å². The zero-order valence-corrected chi connectivity index (χ0v) is 22.0. The molecule has 0 aliphatic carbocycles. The Morgan fingerprint density at radius 1 is 1.08 bits per heavy atom. The van der Waals surface area contributed by atoms with Gasteiger partial charge in [-0.05, 0) is 77.8 Å². The molecule has 2 amide bonds. The number of nitrogens with zero attached hydrogens (tertiary/aromatic N) is 2. The van der Waals surface area contributed by atoms with Crippen molar-refractivity contribution >= 4 is 58.2 Å². The van der Waals surface area contributed by atoms with E-state index in [-0.39, 0.29) is 39.5 Å². The predicted octanol–water partition coefficient (Wildman–Crippen LogP) is 5.23. The number of hydrogen-bond acceptors (Lipinski definition) is 7. The van der Waals surface area contributed by atoms with E-state index in [1.54, 1.807) is 30.3 Å². The second-order valence-corrected chi connectivity index (χ2v) is 9.02. The van der Waals surface area contributed by atoms with Gasteiger partial charge in [0.15, 0.2) is 16.6 Å². The van der Waals surface area contributed by atoms with E-state index in [9.17, 15) is 19.7 Å². The predicted molar refractivity (Wildman–Crippen MR) is 147 cm³/mol. The van der Waals surface area contributed by atoms with Gasteiger partial charge in [0, 0.05) is 12.1 Å². The average Bonchev–Trinajstić information content (AvgIpc) is 2.90. The van der Waals surface area contributed by atoms with Crippen LogP contribution in [0.3, 0.4) is 0 Å². The third-order valence-electron chi connectivity index (χ3n) is 5.80. The molecule has 1 saturated heterocycles. The minimum atomic E-state index is -0.630. The summed E-state index contributed by atoms with van der Waals surface area (Å²) in [6.07, 6.45) is 2.25. The molecule has 0 spiro atoms. The number of aryl methyl sites for hydroxylation is 1. The molecule has 1 N–H and O–H groups in total. The fourth-order valence-corrected chi connectivity index (χ4v) is 4.33. The maximum atomic E-state index is 13.3. The zero-order valence-electron chi connectivity index (χ0n) is 20.4. The summed E-state index contributed by atoms with van der Waals surface area (Å²) in [6.45, 7) is 2.11. The number of carbonyl (C=O) groups excluding carboxylic acids is 2. The van der Waals surface area contributed by atoms with Gasteiger partial charge in [-0.25, -0.2) is 0 Å². The molecule has 0 unspecified atom stereocenters. The van der Waals surface area contributed by atoms with E-state index in [1.165, 1.54) is 36.3 Å². The van der Waals surface area contributed by atoms with Crippen molar-refractivity contribution in [1.29, 1.82) is 0 Å². The standard InChI is InChI=1S/C27H22ClN3O6S/c1-3-16-4-8-19(9-5-16)30-26(33)21(25(32)29-27(30)38)12-18-13-22(28)24(23(14-18)36-2)37-15-17-6-10-20(11-7-17)31(34)35/h4-14H,3,15H2,1-2H3,(H,29,32,38)/b21-12+. The zero-order chi connectivity index (χ0) is 27.4. The normalized spacial score (nSPS) is 14.4. The van der Waals surface area contributed by atoms with Crippen LogP contribution in [-0.4, -0.2) is 29.0 Å². The summed E-state index contributed by atoms with van der Waals surface area (Å²) in [6, 6.07) is 16.4. The number of nitro groups is 1. The molecule has 1 aliphatic heterocycles. The van der Waals surface area contributed by atoms with Crippen LogP contribution in [0, 0.1) is 10.1 Å². The van der Waals surface area contributed by atoms with Crippen LogP contribution in [0.1, 0.15) is 23.6 Å². The lowest BCUT2D eigenvalue weighted by Gasteiger charge is -2.29. The van der Waals surface area contributed by atoms with Gasteiger partial charge >= 0.3 is 0 Å². The first-order valence-corrected chi connectivity index (χ1v) is 12.2. The van der Waals surface area contributed by atoms with Crippen molar-refractivity contribution in [2.75, 3.05) is 12.0 Å². The van der Waals surface area contributed by atoms with Crippen LogP contribution in [0.2, 0.25) is 5.02 Å². The van der Waals surface area contributed by atoms with Gasteiger partial charge in [-0.3, -0.25) is 29.9 Å².